The molecule has 2 N–H and O–H groups in total. The monoisotopic (exact) mass is 407 g/mol. The summed E-state index contributed by atoms with van der Waals surface area (Å²) in [5.41, 5.74) is 1.04. The molecule has 2 aliphatic heterocycles. The summed E-state index contributed by atoms with van der Waals surface area (Å²) in [5.74, 6) is -2.49. The zero-order valence-corrected chi connectivity index (χ0v) is 15.1. The van der Waals surface area contributed by atoms with Crippen LogP contribution in [0, 0.1) is 0 Å². The van der Waals surface area contributed by atoms with Crippen LogP contribution in [-0.4, -0.2) is 57.6 Å². The highest BCUT2D eigenvalue weighted by atomic mass is 16.7. The lowest BCUT2D eigenvalue weighted by Gasteiger charge is -2.25. The molecule has 1 aromatic rings. The van der Waals surface area contributed by atoms with Gasteiger partial charge in [-0.1, -0.05) is 6.58 Å². The maximum atomic E-state index is 12.3. The van der Waals surface area contributed by atoms with E-state index in [0.717, 1.165) is 16.7 Å². The summed E-state index contributed by atoms with van der Waals surface area (Å²) in [6.07, 6.45) is -1.66. The first-order chi connectivity index (χ1) is 13.8. The van der Waals surface area contributed by atoms with Crippen LogP contribution >= 0.6 is 0 Å². The van der Waals surface area contributed by atoms with Gasteiger partial charge in [-0.2, -0.15) is 4.98 Å². The van der Waals surface area contributed by atoms with Crippen LogP contribution in [0.4, 0.5) is 5.82 Å². The van der Waals surface area contributed by atoms with Gasteiger partial charge in [-0.15, -0.1) is 0 Å². The normalized spacial score (nSPS) is 27.0. The van der Waals surface area contributed by atoms with Gasteiger partial charge in [0.2, 0.25) is 0 Å². The summed E-state index contributed by atoms with van der Waals surface area (Å²) >= 11 is 0. The van der Waals surface area contributed by atoms with Gasteiger partial charge in [0.15, 0.2) is 24.3 Å². The fraction of sp³-hybridized carbons (Fsp3) is 0.353. The van der Waals surface area contributed by atoms with Crippen molar-refractivity contribution in [3.05, 3.63) is 47.1 Å². The van der Waals surface area contributed by atoms with Crippen molar-refractivity contribution in [2.45, 2.75) is 31.5 Å². The van der Waals surface area contributed by atoms with E-state index in [1.54, 1.807) is 5.48 Å². The van der Waals surface area contributed by atoms with Crippen molar-refractivity contribution in [3.63, 3.8) is 0 Å². The van der Waals surface area contributed by atoms with E-state index in [-0.39, 0.29) is 18.0 Å². The lowest BCUT2D eigenvalue weighted by molar-refractivity contribution is -0.165. The molecule has 0 bridgehead atoms. The number of esters is 3. The first kappa shape index (κ1) is 20.2. The molecule has 2 aliphatic rings. The van der Waals surface area contributed by atoms with E-state index in [1.165, 1.54) is 19.2 Å². The van der Waals surface area contributed by atoms with Crippen LogP contribution < -0.4 is 11.2 Å². The van der Waals surface area contributed by atoms with Crippen molar-refractivity contribution < 1.29 is 38.5 Å². The second-order valence-corrected chi connectivity index (χ2v) is 6.19. The van der Waals surface area contributed by atoms with Crippen LogP contribution in [0.2, 0.25) is 0 Å². The average Bonchev–Trinajstić information content (AvgIpc) is 2.99. The summed E-state index contributed by atoms with van der Waals surface area (Å²) < 4.78 is 22.4. The van der Waals surface area contributed by atoms with Gasteiger partial charge in [0, 0.05) is 23.9 Å². The second kappa shape index (κ2) is 8.24. The second-order valence-electron chi connectivity index (χ2n) is 6.19. The molecule has 0 saturated carbocycles. The Kier molecular flexibility index (Phi) is 5.75. The Morgan fingerprint density at radius 2 is 1.93 bits per heavy atom. The number of nitrogens with zero attached hydrogens (tertiary/aromatic N) is 2. The fourth-order valence-electron chi connectivity index (χ4n) is 2.77. The van der Waals surface area contributed by atoms with E-state index < -0.39 is 48.1 Å². The molecular weight excluding hydrogens is 390 g/mol. The molecular formula is C17H17N3O9. The third-order valence-corrected chi connectivity index (χ3v) is 4.09. The highest BCUT2D eigenvalue weighted by molar-refractivity contribution is 5.92. The van der Waals surface area contributed by atoms with Crippen molar-refractivity contribution in [3.8, 4) is 0 Å². The number of carbonyl (C=O) groups is 3. The highest BCUT2D eigenvalue weighted by Crippen LogP contribution is 2.34. The van der Waals surface area contributed by atoms with Crippen LogP contribution in [0.3, 0.4) is 0 Å². The molecule has 1 saturated heterocycles. The molecule has 0 aliphatic carbocycles. The number of nitrogens with one attached hydrogen (secondary N) is 1. The molecule has 4 atom stereocenters. The fourth-order valence-corrected chi connectivity index (χ4v) is 2.77. The lowest BCUT2D eigenvalue weighted by atomic mass is 10.1. The van der Waals surface area contributed by atoms with E-state index in [0.29, 0.717) is 0 Å². The van der Waals surface area contributed by atoms with E-state index in [1.807, 2.05) is 0 Å². The van der Waals surface area contributed by atoms with Crippen molar-refractivity contribution in [1.29, 1.82) is 0 Å². The van der Waals surface area contributed by atoms with Gasteiger partial charge in [-0.3, -0.25) is 15.3 Å². The van der Waals surface area contributed by atoms with Crippen LogP contribution in [-0.2, 0) is 33.3 Å². The Bertz CT molecular complexity index is 938. The Hall–Kier alpha value is -3.51. The summed E-state index contributed by atoms with van der Waals surface area (Å²) in [6, 6.07) is 1.27. The van der Waals surface area contributed by atoms with E-state index in [2.05, 4.69) is 11.6 Å². The van der Waals surface area contributed by atoms with E-state index in [9.17, 15) is 19.2 Å². The predicted molar refractivity (Wildman–Crippen MR) is 92.5 cm³/mol. The maximum Gasteiger partial charge on any atom is 0.351 e. The molecule has 1 fully saturated rings. The quantitative estimate of drug-likeness (QED) is 0.280. The number of hydrogen-bond acceptors (Lipinski definition) is 11. The minimum Gasteiger partial charge on any atom is -0.459 e. The van der Waals surface area contributed by atoms with Crippen molar-refractivity contribution in [2.75, 3.05) is 12.1 Å². The van der Waals surface area contributed by atoms with Gasteiger partial charge in [0.1, 0.15) is 12.7 Å². The summed E-state index contributed by atoms with van der Waals surface area (Å²) in [7, 11) is 0. The predicted octanol–water partition coefficient (Wildman–Crippen LogP) is -0.545. The number of carbonyl (C=O) groups excluding carboxylic acids is 3. The lowest BCUT2D eigenvalue weighted by Crippen LogP contribution is -2.43. The number of rotatable bonds is 5. The van der Waals surface area contributed by atoms with Crippen LogP contribution in [0.5, 0.6) is 0 Å². The van der Waals surface area contributed by atoms with E-state index >= 15 is 0 Å². The highest BCUT2D eigenvalue weighted by Gasteiger charge is 2.51. The molecule has 3 rings (SSSR count). The van der Waals surface area contributed by atoms with Crippen molar-refractivity contribution in [1.82, 2.24) is 9.55 Å². The number of ether oxygens (including phenoxy) is 4. The van der Waals surface area contributed by atoms with Gasteiger partial charge in [0.05, 0.1) is 0 Å². The third-order valence-electron chi connectivity index (χ3n) is 4.09. The van der Waals surface area contributed by atoms with Gasteiger partial charge in [0.25, 0.3) is 0 Å². The number of anilines is 1. The molecule has 12 heteroatoms. The van der Waals surface area contributed by atoms with Gasteiger partial charge in [-0.25, -0.2) is 19.2 Å². The van der Waals surface area contributed by atoms with Gasteiger partial charge >= 0.3 is 23.6 Å². The molecule has 12 nitrogen and oxygen atoms in total. The van der Waals surface area contributed by atoms with Crippen molar-refractivity contribution in [2.24, 2.45) is 0 Å². The summed E-state index contributed by atoms with van der Waals surface area (Å²) in [6.45, 7) is 4.56. The van der Waals surface area contributed by atoms with E-state index in [4.69, 9.17) is 24.2 Å². The summed E-state index contributed by atoms with van der Waals surface area (Å²) in [4.78, 5) is 51.4. The molecule has 0 spiro atoms. The maximum absolute atomic E-state index is 12.3. The molecule has 0 amide bonds. The minimum atomic E-state index is -1.23. The Morgan fingerprint density at radius 3 is 2.52 bits per heavy atom. The first-order valence-electron chi connectivity index (χ1n) is 8.37. The molecule has 0 radical (unpaired) electrons. The smallest absolute Gasteiger partial charge is 0.351 e. The Morgan fingerprint density at radius 1 is 1.28 bits per heavy atom. The zero-order chi connectivity index (χ0) is 21.1. The van der Waals surface area contributed by atoms with Gasteiger partial charge in [-0.05, 0) is 13.0 Å². The summed E-state index contributed by atoms with van der Waals surface area (Å²) in [5, 5.41) is 8.86. The number of hydrogen-bond donors (Lipinski definition) is 2. The molecule has 0 aromatic carbocycles. The van der Waals surface area contributed by atoms with Crippen LogP contribution in [0.1, 0.15) is 13.2 Å². The molecule has 29 heavy (non-hydrogen) atoms. The van der Waals surface area contributed by atoms with Crippen LogP contribution in [0.25, 0.3) is 0 Å². The average molecular weight is 407 g/mol. The molecule has 3 heterocycles. The molecule has 1 unspecified atom stereocenters. The van der Waals surface area contributed by atoms with Gasteiger partial charge < -0.3 is 18.9 Å². The third kappa shape index (κ3) is 4.33. The zero-order valence-electron chi connectivity index (χ0n) is 15.1. The topological polar surface area (TPSA) is 155 Å². The van der Waals surface area contributed by atoms with Crippen LogP contribution in [0.15, 0.2) is 41.4 Å². The first-order valence-corrected chi connectivity index (χ1v) is 8.37. The SMILES string of the molecule is C=C(C)C(=O)OC[C@H]1O[C@@H](n2ccc(NO)nc2=O)[C@@H]2OC(=O)/C=C\C(=O)OC21. The van der Waals surface area contributed by atoms with Crippen molar-refractivity contribution >= 4 is 23.7 Å². The Labute approximate surface area is 163 Å². The molecule has 154 valence electrons. The number of aromatic nitrogens is 2. The standard InChI is InChI=1S/C17H17N3O9/c1-8(2)16(23)26-7-9-13-14(29-12(22)4-3-11(21)28-13)15(27-9)20-6-5-10(19-25)18-17(20)24/h3-6,9,13-15,25H,1,7H2,2H3,(H,18,19,24)/b4-3-/t9-,13?,14-,15-/m1/s1. The Balaban J connectivity index is 1.94. The molecule has 1 aromatic heterocycles. The minimum absolute atomic E-state index is 0.114. The number of fused-ring (bicyclic) bond motifs is 1. The largest absolute Gasteiger partial charge is 0.459 e.